The molecule has 0 aliphatic carbocycles. The van der Waals surface area contributed by atoms with Crippen LogP contribution < -0.4 is 0 Å². The van der Waals surface area contributed by atoms with Gasteiger partial charge < -0.3 is 0 Å². The Bertz CT molecular complexity index is 794. The lowest BCUT2D eigenvalue weighted by atomic mass is 9.97. The van der Waals surface area contributed by atoms with Gasteiger partial charge in [0.15, 0.2) is 0 Å². The van der Waals surface area contributed by atoms with Crippen LogP contribution in [0.3, 0.4) is 0 Å². The van der Waals surface area contributed by atoms with Gasteiger partial charge in [-0.15, -0.1) is 0 Å². The highest BCUT2D eigenvalue weighted by atomic mass is 35.5. The zero-order valence-corrected chi connectivity index (χ0v) is 14.2. The minimum absolute atomic E-state index is 0.637. The van der Waals surface area contributed by atoms with Crippen molar-refractivity contribution < 1.29 is 0 Å². The van der Waals surface area contributed by atoms with Gasteiger partial charge in [0.05, 0.1) is 10.7 Å². The average Bonchev–Trinajstić information content (AvgIpc) is 2.56. The largest absolute Gasteiger partial charge is 0.255 e. The van der Waals surface area contributed by atoms with E-state index in [2.05, 4.69) is 61.3 Å². The van der Waals surface area contributed by atoms with Crippen molar-refractivity contribution in [3.8, 4) is 22.4 Å². The van der Waals surface area contributed by atoms with Crippen LogP contribution in [-0.4, -0.2) is 4.98 Å². The monoisotopic (exact) mass is 321 g/mol. The third-order valence-electron chi connectivity index (χ3n) is 3.81. The Morgan fingerprint density at radius 3 is 2.39 bits per heavy atom. The van der Waals surface area contributed by atoms with Gasteiger partial charge in [-0.25, -0.2) is 0 Å². The van der Waals surface area contributed by atoms with Crippen molar-refractivity contribution in [3.63, 3.8) is 0 Å². The standard InChI is InChI=1S/C21H20ClN/c1-15(2)11-16-7-6-10-18(12-16)19-13-21(23-14-20(19)22)17-8-4-3-5-9-17/h3-10,12-15H,11H2,1-2H3. The minimum atomic E-state index is 0.637. The Labute approximate surface area is 143 Å². The van der Waals surface area contributed by atoms with Crippen LogP contribution in [0.15, 0.2) is 66.9 Å². The Balaban J connectivity index is 2.03. The van der Waals surface area contributed by atoms with Crippen molar-refractivity contribution in [2.75, 3.05) is 0 Å². The topological polar surface area (TPSA) is 12.9 Å². The fourth-order valence-electron chi connectivity index (χ4n) is 2.76. The van der Waals surface area contributed by atoms with Crippen LogP contribution in [-0.2, 0) is 6.42 Å². The van der Waals surface area contributed by atoms with Crippen molar-refractivity contribution in [1.82, 2.24) is 4.98 Å². The Morgan fingerprint density at radius 2 is 1.65 bits per heavy atom. The van der Waals surface area contributed by atoms with E-state index in [4.69, 9.17) is 11.6 Å². The molecular weight excluding hydrogens is 302 g/mol. The van der Waals surface area contributed by atoms with Crippen molar-refractivity contribution in [3.05, 3.63) is 77.4 Å². The van der Waals surface area contributed by atoms with Crippen molar-refractivity contribution in [2.24, 2.45) is 5.92 Å². The number of pyridine rings is 1. The molecule has 0 N–H and O–H groups in total. The normalized spacial score (nSPS) is 11.0. The van der Waals surface area contributed by atoms with Crippen molar-refractivity contribution in [2.45, 2.75) is 20.3 Å². The van der Waals surface area contributed by atoms with Crippen LogP contribution >= 0.6 is 11.6 Å². The number of nitrogens with zero attached hydrogens (tertiary/aromatic N) is 1. The molecule has 1 aromatic heterocycles. The van der Waals surface area contributed by atoms with E-state index in [0.29, 0.717) is 10.9 Å². The highest BCUT2D eigenvalue weighted by Crippen LogP contribution is 2.31. The summed E-state index contributed by atoms with van der Waals surface area (Å²) < 4.78 is 0. The summed E-state index contributed by atoms with van der Waals surface area (Å²) in [6.07, 6.45) is 2.82. The molecule has 0 saturated carbocycles. The zero-order chi connectivity index (χ0) is 16.2. The molecule has 0 aliphatic heterocycles. The lowest BCUT2D eigenvalue weighted by molar-refractivity contribution is 0.647. The molecule has 0 saturated heterocycles. The van der Waals surface area contributed by atoms with Gasteiger partial charge in [-0.05, 0) is 29.5 Å². The first kappa shape index (κ1) is 15.8. The van der Waals surface area contributed by atoms with E-state index in [1.165, 1.54) is 5.56 Å². The third-order valence-corrected chi connectivity index (χ3v) is 4.11. The zero-order valence-electron chi connectivity index (χ0n) is 13.5. The number of rotatable bonds is 4. The molecule has 1 heterocycles. The predicted octanol–water partition coefficient (Wildman–Crippen LogP) is 6.27. The van der Waals surface area contributed by atoms with Crippen LogP contribution in [0, 0.1) is 5.92 Å². The maximum Gasteiger partial charge on any atom is 0.0709 e. The second-order valence-electron chi connectivity index (χ2n) is 6.21. The molecule has 3 rings (SSSR count). The van der Waals surface area contributed by atoms with E-state index in [-0.39, 0.29) is 0 Å². The van der Waals surface area contributed by atoms with Gasteiger partial charge in [-0.1, -0.05) is 80.0 Å². The molecule has 0 radical (unpaired) electrons. The first-order chi connectivity index (χ1) is 11.1. The van der Waals surface area contributed by atoms with Crippen LogP contribution in [0.1, 0.15) is 19.4 Å². The molecule has 2 aromatic carbocycles. The minimum Gasteiger partial charge on any atom is -0.255 e. The van der Waals surface area contributed by atoms with Crippen molar-refractivity contribution in [1.29, 1.82) is 0 Å². The van der Waals surface area contributed by atoms with Gasteiger partial charge >= 0.3 is 0 Å². The SMILES string of the molecule is CC(C)Cc1cccc(-c2cc(-c3ccccc3)ncc2Cl)c1. The van der Waals surface area contributed by atoms with Gasteiger partial charge in [0.25, 0.3) is 0 Å². The molecule has 0 unspecified atom stereocenters. The van der Waals surface area contributed by atoms with Crippen LogP contribution in [0.5, 0.6) is 0 Å². The van der Waals surface area contributed by atoms with Crippen LogP contribution in [0.2, 0.25) is 5.02 Å². The molecule has 116 valence electrons. The van der Waals surface area contributed by atoms with E-state index in [1.807, 2.05) is 18.2 Å². The number of halogens is 1. The molecule has 0 amide bonds. The molecule has 0 spiro atoms. The lowest BCUT2D eigenvalue weighted by Gasteiger charge is -2.10. The number of hydrogen-bond donors (Lipinski definition) is 0. The van der Waals surface area contributed by atoms with Gasteiger partial charge in [-0.2, -0.15) is 0 Å². The smallest absolute Gasteiger partial charge is 0.0709 e. The van der Waals surface area contributed by atoms with Gasteiger partial charge in [0.2, 0.25) is 0 Å². The molecule has 1 nitrogen and oxygen atoms in total. The van der Waals surface area contributed by atoms with E-state index < -0.39 is 0 Å². The third kappa shape index (κ3) is 3.80. The van der Waals surface area contributed by atoms with Crippen LogP contribution in [0.4, 0.5) is 0 Å². The highest BCUT2D eigenvalue weighted by Gasteiger charge is 2.09. The molecule has 3 aromatic rings. The summed E-state index contributed by atoms with van der Waals surface area (Å²) in [5, 5.41) is 0.686. The van der Waals surface area contributed by atoms with Gasteiger partial charge in [-0.3, -0.25) is 4.98 Å². The summed E-state index contributed by atoms with van der Waals surface area (Å²) in [5.41, 5.74) is 5.56. The molecule has 0 bridgehead atoms. The maximum absolute atomic E-state index is 6.41. The number of aromatic nitrogens is 1. The summed E-state index contributed by atoms with van der Waals surface area (Å²) in [7, 11) is 0. The molecular formula is C21H20ClN. The van der Waals surface area contributed by atoms with Gasteiger partial charge in [0, 0.05) is 17.3 Å². The van der Waals surface area contributed by atoms with Crippen LogP contribution in [0.25, 0.3) is 22.4 Å². The van der Waals surface area contributed by atoms with Gasteiger partial charge in [0.1, 0.15) is 0 Å². The summed E-state index contributed by atoms with van der Waals surface area (Å²) in [5.74, 6) is 0.637. The summed E-state index contributed by atoms with van der Waals surface area (Å²) in [4.78, 5) is 4.47. The van der Waals surface area contributed by atoms with Crippen molar-refractivity contribution >= 4 is 11.6 Å². The van der Waals surface area contributed by atoms with E-state index in [1.54, 1.807) is 6.20 Å². The number of benzene rings is 2. The lowest BCUT2D eigenvalue weighted by Crippen LogP contribution is -1.94. The average molecular weight is 322 g/mol. The Morgan fingerprint density at radius 1 is 0.913 bits per heavy atom. The molecule has 23 heavy (non-hydrogen) atoms. The first-order valence-electron chi connectivity index (χ1n) is 7.94. The first-order valence-corrected chi connectivity index (χ1v) is 8.31. The molecule has 0 aliphatic rings. The molecule has 0 fully saturated rings. The number of hydrogen-bond acceptors (Lipinski definition) is 1. The fourth-order valence-corrected chi connectivity index (χ4v) is 2.98. The van der Waals surface area contributed by atoms with E-state index in [0.717, 1.165) is 28.8 Å². The predicted molar refractivity (Wildman–Crippen MR) is 98.7 cm³/mol. The summed E-state index contributed by atoms with van der Waals surface area (Å²) in [6.45, 7) is 4.47. The second kappa shape index (κ2) is 6.97. The highest BCUT2D eigenvalue weighted by molar-refractivity contribution is 6.33. The summed E-state index contributed by atoms with van der Waals surface area (Å²) >= 11 is 6.41. The maximum atomic E-state index is 6.41. The Kier molecular flexibility index (Phi) is 4.78. The second-order valence-corrected chi connectivity index (χ2v) is 6.62. The van der Waals surface area contributed by atoms with E-state index >= 15 is 0 Å². The molecule has 0 atom stereocenters. The summed E-state index contributed by atoms with van der Waals surface area (Å²) in [6, 6.07) is 20.9. The van der Waals surface area contributed by atoms with E-state index in [9.17, 15) is 0 Å². The Hall–Kier alpha value is -2.12. The molecule has 2 heteroatoms. The quantitative estimate of drug-likeness (QED) is 0.552. The fraction of sp³-hybridized carbons (Fsp3) is 0.190.